The number of carbonyl (C=O) groups excluding carboxylic acids is 2. The van der Waals surface area contributed by atoms with Crippen LogP contribution in [0.3, 0.4) is 0 Å². The highest BCUT2D eigenvalue weighted by Gasteiger charge is 2.44. The van der Waals surface area contributed by atoms with E-state index in [4.69, 9.17) is 14.2 Å². The van der Waals surface area contributed by atoms with Crippen LogP contribution in [0.5, 0.6) is 0 Å². The van der Waals surface area contributed by atoms with Gasteiger partial charge in [0.1, 0.15) is 5.60 Å². The van der Waals surface area contributed by atoms with Crippen molar-refractivity contribution in [2.45, 2.75) is 44.8 Å². The van der Waals surface area contributed by atoms with Crippen LogP contribution in [-0.2, 0) is 19.0 Å². The summed E-state index contributed by atoms with van der Waals surface area (Å²) in [5, 5.41) is 0. The molecule has 0 aromatic carbocycles. The molecule has 0 aromatic heterocycles. The maximum atomic E-state index is 11.9. The van der Waals surface area contributed by atoms with E-state index < -0.39 is 11.2 Å². The average molecular weight is 273 g/mol. The Morgan fingerprint density at radius 3 is 2.00 bits per heavy atom. The second-order valence-electron chi connectivity index (χ2n) is 5.66. The summed E-state index contributed by atoms with van der Waals surface area (Å²) in [5.74, 6) is -0.390. The number of amides is 1. The van der Waals surface area contributed by atoms with Gasteiger partial charge in [0.25, 0.3) is 0 Å². The molecule has 0 bridgehead atoms. The molecule has 1 amide bonds. The largest absolute Gasteiger partial charge is 0.467 e. The summed E-state index contributed by atoms with van der Waals surface area (Å²) in [7, 11) is 2.82. The second-order valence-corrected chi connectivity index (χ2v) is 5.66. The van der Waals surface area contributed by atoms with E-state index in [9.17, 15) is 9.59 Å². The van der Waals surface area contributed by atoms with Crippen LogP contribution in [-0.4, -0.2) is 55.5 Å². The fourth-order valence-corrected chi connectivity index (χ4v) is 2.05. The fraction of sp³-hybridized carbons (Fsp3) is 0.846. The topological polar surface area (TPSA) is 65.1 Å². The molecule has 1 aliphatic heterocycles. The van der Waals surface area contributed by atoms with Crippen molar-refractivity contribution in [3.63, 3.8) is 0 Å². The van der Waals surface area contributed by atoms with Gasteiger partial charge < -0.3 is 19.1 Å². The molecule has 0 unspecified atom stereocenters. The lowest BCUT2D eigenvalue weighted by molar-refractivity contribution is -0.171. The lowest BCUT2D eigenvalue weighted by atomic mass is 9.91. The minimum absolute atomic E-state index is 0.359. The zero-order chi connectivity index (χ0) is 14.7. The first-order chi connectivity index (χ1) is 8.74. The van der Waals surface area contributed by atoms with Crippen molar-refractivity contribution in [1.29, 1.82) is 0 Å². The molecule has 0 aromatic rings. The Balaban J connectivity index is 2.61. The van der Waals surface area contributed by atoms with Gasteiger partial charge in [0.2, 0.25) is 0 Å². The summed E-state index contributed by atoms with van der Waals surface area (Å²) in [5.41, 5.74) is -1.46. The van der Waals surface area contributed by atoms with E-state index >= 15 is 0 Å². The summed E-state index contributed by atoms with van der Waals surface area (Å²) >= 11 is 0. The zero-order valence-corrected chi connectivity index (χ0v) is 12.3. The predicted octanol–water partition coefficient (Wildman–Crippen LogP) is 1.58. The summed E-state index contributed by atoms with van der Waals surface area (Å²) in [4.78, 5) is 25.2. The standard InChI is InChI=1S/C13H23NO5/c1-12(2,3)19-11(16)14-8-6-13(18-5,7-9-14)10(15)17-4/h6-9H2,1-5H3. The number of nitrogens with zero attached hydrogens (tertiary/aromatic N) is 1. The van der Waals surface area contributed by atoms with Crippen molar-refractivity contribution >= 4 is 12.1 Å². The van der Waals surface area contributed by atoms with Crippen LogP contribution in [0, 0.1) is 0 Å². The molecule has 0 spiro atoms. The van der Waals surface area contributed by atoms with Gasteiger partial charge in [0.05, 0.1) is 7.11 Å². The van der Waals surface area contributed by atoms with E-state index in [0.29, 0.717) is 25.9 Å². The molecule has 0 radical (unpaired) electrons. The minimum Gasteiger partial charge on any atom is -0.467 e. The van der Waals surface area contributed by atoms with Crippen LogP contribution in [0.1, 0.15) is 33.6 Å². The lowest BCUT2D eigenvalue weighted by Gasteiger charge is -2.38. The van der Waals surface area contributed by atoms with Crippen LogP contribution >= 0.6 is 0 Å². The van der Waals surface area contributed by atoms with E-state index in [1.807, 2.05) is 20.8 Å². The van der Waals surface area contributed by atoms with Crippen molar-refractivity contribution in [1.82, 2.24) is 4.90 Å². The number of ether oxygens (including phenoxy) is 3. The summed E-state index contributed by atoms with van der Waals surface area (Å²) in [6, 6.07) is 0. The third kappa shape index (κ3) is 3.83. The van der Waals surface area contributed by atoms with Gasteiger partial charge >= 0.3 is 12.1 Å². The highest BCUT2D eigenvalue weighted by Crippen LogP contribution is 2.28. The van der Waals surface area contributed by atoms with Crippen molar-refractivity contribution in [2.24, 2.45) is 0 Å². The van der Waals surface area contributed by atoms with Crippen LogP contribution in [0.25, 0.3) is 0 Å². The molecule has 6 nitrogen and oxygen atoms in total. The smallest absolute Gasteiger partial charge is 0.410 e. The quantitative estimate of drug-likeness (QED) is 0.715. The molecule has 0 saturated carbocycles. The molecule has 19 heavy (non-hydrogen) atoms. The average Bonchev–Trinajstić information content (AvgIpc) is 2.35. The lowest BCUT2D eigenvalue weighted by Crippen LogP contribution is -2.53. The van der Waals surface area contributed by atoms with Crippen molar-refractivity contribution in [3.05, 3.63) is 0 Å². The maximum Gasteiger partial charge on any atom is 0.410 e. The van der Waals surface area contributed by atoms with E-state index in [2.05, 4.69) is 0 Å². The van der Waals surface area contributed by atoms with Gasteiger partial charge in [-0.2, -0.15) is 0 Å². The monoisotopic (exact) mass is 273 g/mol. The Morgan fingerprint density at radius 1 is 1.11 bits per heavy atom. The number of piperidine rings is 1. The van der Waals surface area contributed by atoms with Gasteiger partial charge in [-0.05, 0) is 20.8 Å². The molecule has 0 aliphatic carbocycles. The van der Waals surface area contributed by atoms with Crippen LogP contribution in [0.4, 0.5) is 4.79 Å². The third-order valence-electron chi connectivity index (χ3n) is 3.17. The number of hydrogen-bond acceptors (Lipinski definition) is 5. The SMILES string of the molecule is COC(=O)C1(OC)CCN(C(=O)OC(C)(C)C)CC1. The summed E-state index contributed by atoms with van der Waals surface area (Å²) in [6.45, 7) is 6.30. The van der Waals surface area contributed by atoms with Crippen LogP contribution in [0.2, 0.25) is 0 Å². The Kier molecular flexibility index (Phi) is 4.79. The number of hydrogen-bond donors (Lipinski definition) is 0. The molecule has 1 rings (SSSR count). The zero-order valence-electron chi connectivity index (χ0n) is 12.3. The Labute approximate surface area is 114 Å². The van der Waals surface area contributed by atoms with Gasteiger partial charge in [0, 0.05) is 33.0 Å². The molecule has 1 aliphatic rings. The molecular formula is C13H23NO5. The van der Waals surface area contributed by atoms with Crippen molar-refractivity contribution in [2.75, 3.05) is 27.3 Å². The van der Waals surface area contributed by atoms with Gasteiger partial charge in [-0.3, -0.25) is 0 Å². The molecule has 6 heteroatoms. The normalized spacial score (nSPS) is 18.9. The molecule has 110 valence electrons. The van der Waals surface area contributed by atoms with Gasteiger partial charge in [-0.25, -0.2) is 9.59 Å². The minimum atomic E-state index is -0.937. The van der Waals surface area contributed by atoms with Gasteiger partial charge in [0.15, 0.2) is 5.60 Å². The number of carbonyl (C=O) groups is 2. The molecule has 0 atom stereocenters. The predicted molar refractivity (Wildman–Crippen MR) is 68.8 cm³/mol. The first-order valence-corrected chi connectivity index (χ1v) is 6.35. The van der Waals surface area contributed by atoms with Crippen molar-refractivity contribution < 1.29 is 23.8 Å². The first kappa shape index (κ1) is 15.8. The second kappa shape index (κ2) is 5.77. The molecule has 1 heterocycles. The molecule has 1 saturated heterocycles. The highest BCUT2D eigenvalue weighted by molar-refractivity contribution is 5.80. The first-order valence-electron chi connectivity index (χ1n) is 6.35. The Hall–Kier alpha value is -1.30. The maximum absolute atomic E-state index is 11.9. The summed E-state index contributed by atoms with van der Waals surface area (Å²) in [6.07, 6.45) is 0.465. The number of likely N-dealkylation sites (tertiary alicyclic amines) is 1. The van der Waals surface area contributed by atoms with Crippen molar-refractivity contribution in [3.8, 4) is 0 Å². The molecule has 0 N–H and O–H groups in total. The molecular weight excluding hydrogens is 250 g/mol. The summed E-state index contributed by atoms with van der Waals surface area (Å²) < 4.78 is 15.4. The molecule has 1 fully saturated rings. The van der Waals surface area contributed by atoms with Gasteiger partial charge in [-0.15, -0.1) is 0 Å². The Bertz CT molecular complexity index is 339. The fourth-order valence-electron chi connectivity index (χ4n) is 2.05. The van der Waals surface area contributed by atoms with Crippen LogP contribution < -0.4 is 0 Å². The van der Waals surface area contributed by atoms with E-state index in [1.165, 1.54) is 14.2 Å². The van der Waals surface area contributed by atoms with Crippen LogP contribution in [0.15, 0.2) is 0 Å². The Morgan fingerprint density at radius 2 is 1.63 bits per heavy atom. The number of esters is 1. The van der Waals surface area contributed by atoms with E-state index in [1.54, 1.807) is 4.90 Å². The highest BCUT2D eigenvalue weighted by atomic mass is 16.6. The number of methoxy groups -OCH3 is 2. The van der Waals surface area contributed by atoms with Gasteiger partial charge in [-0.1, -0.05) is 0 Å². The number of rotatable bonds is 2. The van der Waals surface area contributed by atoms with E-state index in [-0.39, 0.29) is 12.1 Å². The van der Waals surface area contributed by atoms with E-state index in [0.717, 1.165) is 0 Å². The third-order valence-corrected chi connectivity index (χ3v) is 3.17.